The van der Waals surface area contributed by atoms with Crippen LogP contribution in [0.15, 0.2) is 18.2 Å². The Morgan fingerprint density at radius 2 is 1.77 bits per heavy atom. The first-order chi connectivity index (χ1) is 12.3. The minimum absolute atomic E-state index is 0.0245. The van der Waals surface area contributed by atoms with E-state index in [1.807, 2.05) is 4.90 Å². The molecule has 1 aromatic carbocycles. The quantitative estimate of drug-likeness (QED) is 0.877. The Kier molecular flexibility index (Phi) is 5.58. The molecule has 3 rings (SSSR count). The number of rotatable bonds is 3. The summed E-state index contributed by atoms with van der Waals surface area (Å²) in [5, 5.41) is 3.12. The second-order valence-corrected chi connectivity index (χ2v) is 9.56. The molecular formula is C19H29N3O3S. The molecule has 1 atom stereocenters. The summed E-state index contributed by atoms with van der Waals surface area (Å²) in [5.41, 5.74) is 3.72. The largest absolute Gasteiger partial charge is 0.335 e. The monoisotopic (exact) mass is 379 g/mol. The van der Waals surface area contributed by atoms with Crippen molar-refractivity contribution in [3.05, 3.63) is 34.9 Å². The molecular weight excluding hydrogens is 350 g/mol. The molecule has 144 valence electrons. The maximum absolute atomic E-state index is 12.8. The van der Waals surface area contributed by atoms with Gasteiger partial charge >= 0.3 is 6.03 Å². The van der Waals surface area contributed by atoms with Crippen LogP contribution in [0.3, 0.4) is 0 Å². The molecule has 0 bridgehead atoms. The van der Waals surface area contributed by atoms with E-state index in [1.54, 1.807) is 0 Å². The Balaban J connectivity index is 1.61. The third-order valence-electron chi connectivity index (χ3n) is 5.68. The van der Waals surface area contributed by atoms with Gasteiger partial charge in [0.05, 0.1) is 12.3 Å². The van der Waals surface area contributed by atoms with Gasteiger partial charge in [0.1, 0.15) is 0 Å². The van der Waals surface area contributed by atoms with Crippen molar-refractivity contribution in [3.63, 3.8) is 0 Å². The normalized spacial score (nSPS) is 22.6. The SMILES string of the molecule is Cc1ccc(C2CCCN2C(=O)NC2CCN(S(C)(=O)=O)CC2)cc1C. The van der Waals surface area contributed by atoms with E-state index in [2.05, 4.69) is 37.4 Å². The first-order valence-electron chi connectivity index (χ1n) is 9.35. The highest BCUT2D eigenvalue weighted by molar-refractivity contribution is 7.88. The second-order valence-electron chi connectivity index (χ2n) is 7.58. The fourth-order valence-corrected chi connectivity index (χ4v) is 4.79. The second kappa shape index (κ2) is 7.56. The lowest BCUT2D eigenvalue weighted by atomic mass is 9.99. The zero-order valence-electron chi connectivity index (χ0n) is 15.9. The molecule has 6 nitrogen and oxygen atoms in total. The zero-order chi connectivity index (χ0) is 18.9. The van der Waals surface area contributed by atoms with Crippen molar-refractivity contribution in [1.82, 2.24) is 14.5 Å². The molecule has 1 N–H and O–H groups in total. The molecule has 2 aliphatic rings. The first-order valence-corrected chi connectivity index (χ1v) is 11.2. The van der Waals surface area contributed by atoms with Crippen molar-refractivity contribution in [2.24, 2.45) is 0 Å². The molecule has 1 aromatic rings. The standard InChI is InChI=1S/C19H29N3O3S/c1-14-6-7-16(13-15(14)2)18-5-4-10-22(18)19(23)20-17-8-11-21(12-9-17)26(3,24)25/h6-7,13,17-18H,4-5,8-12H2,1-3H3,(H,20,23). The molecule has 0 aromatic heterocycles. The Morgan fingerprint density at radius 3 is 2.38 bits per heavy atom. The maximum atomic E-state index is 12.8. The molecule has 7 heteroatoms. The van der Waals surface area contributed by atoms with Crippen LogP contribution in [0, 0.1) is 13.8 Å². The fraction of sp³-hybridized carbons (Fsp3) is 0.632. The summed E-state index contributed by atoms with van der Waals surface area (Å²) in [5.74, 6) is 0. The zero-order valence-corrected chi connectivity index (χ0v) is 16.7. The van der Waals surface area contributed by atoms with E-state index in [-0.39, 0.29) is 18.1 Å². The van der Waals surface area contributed by atoms with Gasteiger partial charge in [-0.25, -0.2) is 17.5 Å². The van der Waals surface area contributed by atoms with Gasteiger partial charge in [-0.15, -0.1) is 0 Å². The molecule has 1 unspecified atom stereocenters. The van der Waals surface area contributed by atoms with Gasteiger partial charge < -0.3 is 10.2 Å². The predicted octanol–water partition coefficient (Wildman–Crippen LogP) is 2.57. The number of amides is 2. The van der Waals surface area contributed by atoms with Crippen molar-refractivity contribution in [2.75, 3.05) is 25.9 Å². The summed E-state index contributed by atoms with van der Waals surface area (Å²) in [6, 6.07) is 6.59. The van der Waals surface area contributed by atoms with Crippen LogP contribution in [0.1, 0.15) is 48.4 Å². The van der Waals surface area contributed by atoms with E-state index < -0.39 is 10.0 Å². The number of sulfonamides is 1. The van der Waals surface area contributed by atoms with E-state index in [4.69, 9.17) is 0 Å². The van der Waals surface area contributed by atoms with Crippen molar-refractivity contribution >= 4 is 16.1 Å². The highest BCUT2D eigenvalue weighted by Gasteiger charge is 2.32. The summed E-state index contributed by atoms with van der Waals surface area (Å²) in [6.45, 7) is 5.93. The molecule has 2 aliphatic heterocycles. The van der Waals surface area contributed by atoms with E-state index in [1.165, 1.54) is 27.3 Å². The van der Waals surface area contributed by atoms with Crippen molar-refractivity contribution in [2.45, 2.75) is 51.6 Å². The smallest absolute Gasteiger partial charge is 0.318 e. The number of aryl methyl sites for hydroxylation is 2. The van der Waals surface area contributed by atoms with Gasteiger partial charge in [-0.2, -0.15) is 0 Å². The van der Waals surface area contributed by atoms with E-state index in [0.717, 1.165) is 19.4 Å². The summed E-state index contributed by atoms with van der Waals surface area (Å²) in [6.07, 6.45) is 4.58. The lowest BCUT2D eigenvalue weighted by Gasteiger charge is -2.33. The van der Waals surface area contributed by atoms with Gasteiger partial charge in [-0.3, -0.25) is 0 Å². The third-order valence-corrected chi connectivity index (χ3v) is 6.98. The van der Waals surface area contributed by atoms with Crippen LogP contribution in [-0.2, 0) is 10.0 Å². The highest BCUT2D eigenvalue weighted by atomic mass is 32.2. The molecule has 2 amide bonds. The van der Waals surface area contributed by atoms with Gasteiger partial charge in [-0.1, -0.05) is 18.2 Å². The maximum Gasteiger partial charge on any atom is 0.318 e. The highest BCUT2D eigenvalue weighted by Crippen LogP contribution is 2.33. The molecule has 2 saturated heterocycles. The molecule has 26 heavy (non-hydrogen) atoms. The molecule has 0 spiro atoms. The van der Waals surface area contributed by atoms with Gasteiger partial charge in [0.2, 0.25) is 10.0 Å². The topological polar surface area (TPSA) is 69.7 Å². The van der Waals surface area contributed by atoms with Crippen molar-refractivity contribution in [1.29, 1.82) is 0 Å². The summed E-state index contributed by atoms with van der Waals surface area (Å²) in [4.78, 5) is 14.7. The average Bonchev–Trinajstić information content (AvgIpc) is 3.07. The fourth-order valence-electron chi connectivity index (χ4n) is 3.92. The number of hydrogen-bond donors (Lipinski definition) is 1. The van der Waals surface area contributed by atoms with Crippen LogP contribution < -0.4 is 5.32 Å². The van der Waals surface area contributed by atoms with Crippen LogP contribution in [-0.4, -0.2) is 55.6 Å². The van der Waals surface area contributed by atoms with Crippen LogP contribution in [0.5, 0.6) is 0 Å². The number of hydrogen-bond acceptors (Lipinski definition) is 3. The molecule has 0 radical (unpaired) electrons. The van der Waals surface area contributed by atoms with E-state index >= 15 is 0 Å². The molecule has 2 fully saturated rings. The van der Waals surface area contributed by atoms with Crippen LogP contribution in [0.2, 0.25) is 0 Å². The number of nitrogens with one attached hydrogen (secondary N) is 1. The predicted molar refractivity (Wildman–Crippen MR) is 103 cm³/mol. The van der Waals surface area contributed by atoms with Gasteiger partial charge in [-0.05, 0) is 56.2 Å². The van der Waals surface area contributed by atoms with E-state index in [9.17, 15) is 13.2 Å². The van der Waals surface area contributed by atoms with Gasteiger partial charge in [0, 0.05) is 25.7 Å². The summed E-state index contributed by atoms with van der Waals surface area (Å²) >= 11 is 0. The molecule has 0 saturated carbocycles. The average molecular weight is 380 g/mol. The lowest BCUT2D eigenvalue weighted by Crippen LogP contribution is -2.49. The molecule has 2 heterocycles. The Hall–Kier alpha value is -1.60. The van der Waals surface area contributed by atoms with Crippen LogP contribution in [0.25, 0.3) is 0 Å². The number of likely N-dealkylation sites (tertiary alicyclic amines) is 1. The number of carbonyl (C=O) groups excluding carboxylic acids is 1. The molecule has 0 aliphatic carbocycles. The number of nitrogens with zero attached hydrogens (tertiary/aromatic N) is 2. The Labute approximate surface area is 156 Å². The minimum atomic E-state index is -3.14. The Morgan fingerprint density at radius 1 is 1.08 bits per heavy atom. The van der Waals surface area contributed by atoms with Gasteiger partial charge in [0.15, 0.2) is 0 Å². The first kappa shape index (κ1) is 19.2. The number of piperidine rings is 1. The summed E-state index contributed by atoms with van der Waals surface area (Å²) < 4.78 is 24.7. The van der Waals surface area contributed by atoms with E-state index in [0.29, 0.717) is 25.9 Å². The van der Waals surface area contributed by atoms with Crippen molar-refractivity contribution in [3.8, 4) is 0 Å². The van der Waals surface area contributed by atoms with Crippen molar-refractivity contribution < 1.29 is 13.2 Å². The number of benzene rings is 1. The van der Waals surface area contributed by atoms with Gasteiger partial charge in [0.25, 0.3) is 0 Å². The van der Waals surface area contributed by atoms with Crippen LogP contribution >= 0.6 is 0 Å². The summed E-state index contributed by atoms with van der Waals surface area (Å²) in [7, 11) is -3.14. The Bertz CT molecular complexity index is 770. The number of carbonyl (C=O) groups is 1. The lowest BCUT2D eigenvalue weighted by molar-refractivity contribution is 0.182. The third kappa shape index (κ3) is 4.20. The minimum Gasteiger partial charge on any atom is -0.335 e. The number of urea groups is 1. The van der Waals surface area contributed by atoms with Crippen LogP contribution in [0.4, 0.5) is 4.79 Å².